The zero-order valence-electron chi connectivity index (χ0n) is 17.0. The molecule has 0 atom stereocenters. The molecule has 8 heteroatoms. The summed E-state index contributed by atoms with van der Waals surface area (Å²) >= 11 is 12.2. The predicted octanol–water partition coefficient (Wildman–Crippen LogP) is 6.70. The molecule has 0 amide bonds. The summed E-state index contributed by atoms with van der Waals surface area (Å²) in [5, 5.41) is 4.65. The van der Waals surface area contributed by atoms with E-state index in [9.17, 15) is 13.2 Å². The first-order valence-corrected chi connectivity index (χ1v) is 10.7. The van der Waals surface area contributed by atoms with Crippen LogP contribution >= 0.6 is 23.2 Å². The molecule has 166 valence electrons. The van der Waals surface area contributed by atoms with Gasteiger partial charge in [0.15, 0.2) is 0 Å². The molecule has 3 aromatic carbocycles. The fourth-order valence-electron chi connectivity index (χ4n) is 3.76. The van der Waals surface area contributed by atoms with Crippen LogP contribution in [0.25, 0.3) is 0 Å². The SMILES string of the molecule is CCOc1cc(C(F)(F)F)ccc1C1=NCC(c2ccc(Cl)cc2)(c2ccc(Cl)cc2)N1. The molecular weight excluding hydrogens is 460 g/mol. The maximum absolute atomic E-state index is 13.2. The van der Waals surface area contributed by atoms with Crippen molar-refractivity contribution in [2.75, 3.05) is 13.2 Å². The number of amidine groups is 1. The number of alkyl halides is 3. The second-order valence-electron chi connectivity index (χ2n) is 7.35. The van der Waals surface area contributed by atoms with Crippen LogP contribution in [-0.2, 0) is 11.7 Å². The highest BCUT2D eigenvalue weighted by Gasteiger charge is 2.40. The Morgan fingerprint density at radius 3 is 2.00 bits per heavy atom. The Kier molecular flexibility index (Phi) is 6.10. The topological polar surface area (TPSA) is 33.6 Å². The summed E-state index contributed by atoms with van der Waals surface area (Å²) in [6.07, 6.45) is -4.47. The van der Waals surface area contributed by atoms with Crippen LogP contribution in [0.4, 0.5) is 13.2 Å². The lowest BCUT2D eigenvalue weighted by atomic mass is 9.83. The van der Waals surface area contributed by atoms with Crippen LogP contribution in [0.15, 0.2) is 71.7 Å². The highest BCUT2D eigenvalue weighted by Crippen LogP contribution is 2.38. The molecule has 3 aromatic rings. The van der Waals surface area contributed by atoms with Crippen LogP contribution in [0.1, 0.15) is 29.2 Å². The summed E-state index contributed by atoms with van der Waals surface area (Å²) in [5.41, 5.74) is 0.770. The van der Waals surface area contributed by atoms with Crippen molar-refractivity contribution in [1.82, 2.24) is 5.32 Å². The van der Waals surface area contributed by atoms with E-state index in [4.69, 9.17) is 27.9 Å². The van der Waals surface area contributed by atoms with E-state index in [0.29, 0.717) is 28.0 Å². The summed E-state index contributed by atoms with van der Waals surface area (Å²) < 4.78 is 45.2. The Hall–Kier alpha value is -2.70. The Balaban J connectivity index is 1.77. The summed E-state index contributed by atoms with van der Waals surface area (Å²) in [6, 6.07) is 18.2. The van der Waals surface area contributed by atoms with Crippen molar-refractivity contribution in [2.24, 2.45) is 4.99 Å². The van der Waals surface area contributed by atoms with Gasteiger partial charge in [-0.05, 0) is 60.5 Å². The Morgan fingerprint density at radius 1 is 0.938 bits per heavy atom. The summed E-state index contributed by atoms with van der Waals surface area (Å²) in [6.45, 7) is 2.28. The second-order valence-corrected chi connectivity index (χ2v) is 8.22. The van der Waals surface area contributed by atoms with Crippen molar-refractivity contribution >= 4 is 29.0 Å². The molecule has 0 saturated carbocycles. The van der Waals surface area contributed by atoms with E-state index >= 15 is 0 Å². The molecule has 0 unspecified atom stereocenters. The van der Waals surface area contributed by atoms with Gasteiger partial charge in [0.25, 0.3) is 0 Å². The largest absolute Gasteiger partial charge is 0.493 e. The van der Waals surface area contributed by atoms with Gasteiger partial charge in [-0.1, -0.05) is 47.5 Å². The average Bonchev–Trinajstić information content (AvgIpc) is 3.20. The fraction of sp³-hybridized carbons (Fsp3) is 0.208. The van der Waals surface area contributed by atoms with Crippen molar-refractivity contribution in [3.05, 3.63) is 99.0 Å². The van der Waals surface area contributed by atoms with Gasteiger partial charge in [0.1, 0.15) is 17.1 Å². The van der Waals surface area contributed by atoms with Gasteiger partial charge in [-0.3, -0.25) is 4.99 Å². The first-order chi connectivity index (χ1) is 15.2. The highest BCUT2D eigenvalue weighted by molar-refractivity contribution is 6.30. The molecule has 0 fully saturated rings. The van der Waals surface area contributed by atoms with E-state index in [2.05, 4.69) is 10.3 Å². The van der Waals surface area contributed by atoms with Gasteiger partial charge < -0.3 is 10.1 Å². The van der Waals surface area contributed by atoms with Gasteiger partial charge in [-0.2, -0.15) is 13.2 Å². The first kappa shape index (κ1) is 22.5. The number of hydrogen-bond acceptors (Lipinski definition) is 3. The Labute approximate surface area is 193 Å². The lowest BCUT2D eigenvalue weighted by Gasteiger charge is -2.31. The third-order valence-electron chi connectivity index (χ3n) is 5.34. The van der Waals surface area contributed by atoms with Crippen molar-refractivity contribution in [3.8, 4) is 5.75 Å². The van der Waals surface area contributed by atoms with Gasteiger partial charge in [0, 0.05) is 10.0 Å². The molecule has 1 N–H and O–H groups in total. The Morgan fingerprint density at radius 2 is 1.50 bits per heavy atom. The molecule has 1 heterocycles. The molecule has 0 spiro atoms. The standard InChI is InChI=1S/C24H19Cl2F3N2O/c1-2-32-21-13-17(24(27,28)29)7-12-20(21)22-30-14-23(31-22,15-3-8-18(25)9-4-15)16-5-10-19(26)11-6-16/h3-13H,2,14H2,1H3,(H,30,31). The molecular formula is C24H19Cl2F3N2O. The molecule has 0 aromatic heterocycles. The monoisotopic (exact) mass is 478 g/mol. The highest BCUT2D eigenvalue weighted by atomic mass is 35.5. The number of hydrogen-bond donors (Lipinski definition) is 1. The van der Waals surface area contributed by atoms with Gasteiger partial charge in [-0.15, -0.1) is 0 Å². The molecule has 0 saturated heterocycles. The number of rotatable bonds is 5. The Bertz CT molecular complexity index is 1100. The molecule has 0 aliphatic carbocycles. The maximum Gasteiger partial charge on any atom is 0.416 e. The third-order valence-corrected chi connectivity index (χ3v) is 5.85. The van der Waals surface area contributed by atoms with Gasteiger partial charge in [0.2, 0.25) is 0 Å². The molecule has 0 radical (unpaired) electrons. The fourth-order valence-corrected chi connectivity index (χ4v) is 4.01. The van der Waals surface area contributed by atoms with Crippen LogP contribution < -0.4 is 10.1 Å². The minimum Gasteiger partial charge on any atom is -0.493 e. The minimum atomic E-state index is -4.47. The third kappa shape index (κ3) is 4.30. The van der Waals surface area contributed by atoms with E-state index in [0.717, 1.165) is 23.3 Å². The molecule has 4 rings (SSSR count). The molecule has 32 heavy (non-hydrogen) atoms. The molecule has 1 aliphatic heterocycles. The van der Waals surface area contributed by atoms with E-state index in [1.165, 1.54) is 6.07 Å². The zero-order valence-corrected chi connectivity index (χ0v) is 18.5. The van der Waals surface area contributed by atoms with E-state index in [1.807, 2.05) is 24.3 Å². The number of benzene rings is 3. The lowest BCUT2D eigenvalue weighted by molar-refractivity contribution is -0.137. The predicted molar refractivity (Wildman–Crippen MR) is 121 cm³/mol. The van der Waals surface area contributed by atoms with Crippen LogP contribution in [0.3, 0.4) is 0 Å². The quantitative estimate of drug-likeness (QED) is 0.442. The van der Waals surface area contributed by atoms with Crippen molar-refractivity contribution in [1.29, 1.82) is 0 Å². The first-order valence-electron chi connectivity index (χ1n) is 9.92. The van der Waals surface area contributed by atoms with Crippen LogP contribution in [-0.4, -0.2) is 19.0 Å². The molecule has 1 aliphatic rings. The number of ether oxygens (including phenoxy) is 1. The maximum atomic E-state index is 13.2. The summed E-state index contributed by atoms with van der Waals surface area (Å²) in [7, 11) is 0. The summed E-state index contributed by atoms with van der Waals surface area (Å²) in [5.74, 6) is 0.573. The average molecular weight is 479 g/mol. The van der Waals surface area contributed by atoms with Gasteiger partial charge in [-0.25, -0.2) is 0 Å². The van der Waals surface area contributed by atoms with Crippen molar-refractivity contribution < 1.29 is 17.9 Å². The number of nitrogens with zero attached hydrogens (tertiary/aromatic N) is 1. The smallest absolute Gasteiger partial charge is 0.416 e. The molecule has 0 bridgehead atoms. The van der Waals surface area contributed by atoms with E-state index in [-0.39, 0.29) is 12.4 Å². The normalized spacial score (nSPS) is 15.2. The van der Waals surface area contributed by atoms with Gasteiger partial charge in [0.05, 0.1) is 24.3 Å². The zero-order chi connectivity index (χ0) is 22.9. The van der Waals surface area contributed by atoms with E-state index < -0.39 is 17.3 Å². The molecule has 3 nitrogen and oxygen atoms in total. The van der Waals surface area contributed by atoms with Crippen LogP contribution in [0.2, 0.25) is 10.0 Å². The van der Waals surface area contributed by atoms with Crippen molar-refractivity contribution in [2.45, 2.75) is 18.6 Å². The summed E-state index contributed by atoms with van der Waals surface area (Å²) in [4.78, 5) is 4.67. The van der Waals surface area contributed by atoms with Crippen LogP contribution in [0.5, 0.6) is 5.75 Å². The number of aliphatic imine (C=N–C) groups is 1. The number of halogens is 5. The van der Waals surface area contributed by atoms with E-state index in [1.54, 1.807) is 31.2 Å². The minimum absolute atomic E-state index is 0.122. The van der Waals surface area contributed by atoms with Gasteiger partial charge >= 0.3 is 6.18 Å². The van der Waals surface area contributed by atoms with Crippen molar-refractivity contribution in [3.63, 3.8) is 0 Å². The van der Waals surface area contributed by atoms with Crippen LogP contribution in [0, 0.1) is 0 Å². The lowest BCUT2D eigenvalue weighted by Crippen LogP contribution is -2.44. The number of nitrogens with one attached hydrogen (secondary N) is 1. The second kappa shape index (κ2) is 8.68.